The molecule has 0 radical (unpaired) electrons. The lowest BCUT2D eigenvalue weighted by Gasteiger charge is -2.14. The zero-order valence-electron chi connectivity index (χ0n) is 13.7. The minimum Gasteiger partial charge on any atom is -0.496 e. The van der Waals surface area contributed by atoms with Crippen molar-refractivity contribution in [3.8, 4) is 5.75 Å². The molecule has 1 atom stereocenters. The molecule has 1 unspecified atom stereocenters. The predicted molar refractivity (Wildman–Crippen MR) is 92.7 cm³/mol. The summed E-state index contributed by atoms with van der Waals surface area (Å²) in [5.41, 5.74) is 3.61. The van der Waals surface area contributed by atoms with Crippen LogP contribution in [0.2, 0.25) is 0 Å². The summed E-state index contributed by atoms with van der Waals surface area (Å²) in [6, 6.07) is 4.16. The molecule has 0 aromatic heterocycles. The number of benzene rings is 1. The minimum absolute atomic E-state index is 0.0444. The van der Waals surface area contributed by atoms with E-state index in [1.54, 1.807) is 7.11 Å². The average molecular weight is 373 g/mol. The first-order chi connectivity index (χ1) is 11.3. The van der Waals surface area contributed by atoms with E-state index in [-0.39, 0.29) is 24.5 Å². The lowest BCUT2D eigenvalue weighted by molar-refractivity contribution is 0.409. The van der Waals surface area contributed by atoms with E-state index in [4.69, 9.17) is 4.74 Å². The number of fused-ring (bicyclic) bond motifs is 1. The van der Waals surface area contributed by atoms with E-state index in [2.05, 4.69) is 16.9 Å². The summed E-state index contributed by atoms with van der Waals surface area (Å²) in [6.45, 7) is 0.244. The van der Waals surface area contributed by atoms with Crippen LogP contribution in [0.5, 0.6) is 5.75 Å². The molecule has 0 saturated carbocycles. The van der Waals surface area contributed by atoms with E-state index in [1.165, 1.54) is 11.1 Å². The normalized spacial score (nSPS) is 22.5. The minimum atomic E-state index is -3.60. The maximum absolute atomic E-state index is 12.2. The Balaban J connectivity index is 1.64. The van der Waals surface area contributed by atoms with Crippen LogP contribution < -0.4 is 9.46 Å². The number of nitrogens with one attached hydrogen (secondary N) is 1. The van der Waals surface area contributed by atoms with Gasteiger partial charge < -0.3 is 4.74 Å². The SMILES string of the molecule is COc1cc2c(cc1CCNS(=O)(=O)C1CCS(=O)(=O)C1)CCC2. The highest BCUT2D eigenvalue weighted by atomic mass is 32.2. The molecule has 8 heteroatoms. The molecule has 1 heterocycles. The summed E-state index contributed by atoms with van der Waals surface area (Å²) in [7, 11) is -5.20. The molecule has 134 valence electrons. The van der Waals surface area contributed by atoms with Crippen molar-refractivity contribution in [3.63, 3.8) is 0 Å². The average Bonchev–Trinajstić information content (AvgIpc) is 3.11. The Labute approximate surface area is 143 Å². The third kappa shape index (κ3) is 3.75. The van der Waals surface area contributed by atoms with Crippen molar-refractivity contribution in [1.29, 1.82) is 0 Å². The molecule has 1 aliphatic carbocycles. The fraction of sp³-hybridized carbons (Fsp3) is 0.625. The number of hydrogen-bond acceptors (Lipinski definition) is 5. The van der Waals surface area contributed by atoms with E-state index in [0.717, 1.165) is 30.6 Å². The van der Waals surface area contributed by atoms with Crippen LogP contribution in [0.15, 0.2) is 12.1 Å². The van der Waals surface area contributed by atoms with Crippen molar-refractivity contribution in [3.05, 3.63) is 28.8 Å². The lowest BCUT2D eigenvalue weighted by Crippen LogP contribution is -2.36. The Kier molecular flexibility index (Phi) is 4.90. The van der Waals surface area contributed by atoms with Crippen molar-refractivity contribution in [1.82, 2.24) is 4.72 Å². The van der Waals surface area contributed by atoms with Crippen molar-refractivity contribution < 1.29 is 21.6 Å². The molecule has 3 rings (SSSR count). The Hall–Kier alpha value is -1.12. The zero-order chi connectivity index (χ0) is 17.4. The van der Waals surface area contributed by atoms with Gasteiger partial charge in [0.25, 0.3) is 0 Å². The highest BCUT2D eigenvalue weighted by Crippen LogP contribution is 2.30. The smallest absolute Gasteiger partial charge is 0.215 e. The van der Waals surface area contributed by atoms with Crippen LogP contribution in [0.3, 0.4) is 0 Å². The van der Waals surface area contributed by atoms with Gasteiger partial charge in [-0.25, -0.2) is 21.6 Å². The molecule has 1 saturated heterocycles. The molecule has 1 aromatic rings. The summed E-state index contributed by atoms with van der Waals surface area (Å²) in [5.74, 6) is 0.472. The van der Waals surface area contributed by atoms with Crippen LogP contribution in [0.25, 0.3) is 0 Å². The second kappa shape index (κ2) is 6.65. The molecule has 0 bridgehead atoms. The standard InChI is InChI=1S/C16H23NO5S2/c1-22-16-10-13-4-2-3-12(13)9-14(16)5-7-17-24(20,21)15-6-8-23(18,19)11-15/h9-10,15,17H,2-8,11H2,1H3. The molecular weight excluding hydrogens is 350 g/mol. The lowest BCUT2D eigenvalue weighted by atomic mass is 10.0. The monoisotopic (exact) mass is 373 g/mol. The molecule has 24 heavy (non-hydrogen) atoms. The molecule has 0 spiro atoms. The highest BCUT2D eigenvalue weighted by molar-refractivity contribution is 7.95. The zero-order valence-corrected chi connectivity index (χ0v) is 15.4. The third-order valence-corrected chi connectivity index (χ3v) is 8.69. The highest BCUT2D eigenvalue weighted by Gasteiger charge is 2.36. The maximum Gasteiger partial charge on any atom is 0.215 e. The second-order valence-electron chi connectivity index (χ2n) is 6.50. The fourth-order valence-corrected chi connectivity index (χ4v) is 7.57. The van der Waals surface area contributed by atoms with E-state index in [9.17, 15) is 16.8 Å². The molecule has 2 aliphatic rings. The topological polar surface area (TPSA) is 89.5 Å². The van der Waals surface area contributed by atoms with Gasteiger partial charge in [-0.15, -0.1) is 0 Å². The van der Waals surface area contributed by atoms with Gasteiger partial charge in [0.15, 0.2) is 9.84 Å². The van der Waals surface area contributed by atoms with Gasteiger partial charge >= 0.3 is 0 Å². The van der Waals surface area contributed by atoms with Gasteiger partial charge in [-0.2, -0.15) is 0 Å². The first kappa shape index (κ1) is 17.7. The molecule has 1 fully saturated rings. The number of rotatable bonds is 6. The molecular formula is C16H23NO5S2. The Morgan fingerprint density at radius 3 is 2.58 bits per heavy atom. The molecule has 6 nitrogen and oxygen atoms in total. The molecule has 1 aliphatic heterocycles. The van der Waals surface area contributed by atoms with E-state index >= 15 is 0 Å². The van der Waals surface area contributed by atoms with Crippen LogP contribution in [0.4, 0.5) is 0 Å². The van der Waals surface area contributed by atoms with Crippen molar-refractivity contribution in [2.24, 2.45) is 0 Å². The summed E-state index contributed by atoms with van der Waals surface area (Å²) in [4.78, 5) is 0. The van der Waals surface area contributed by atoms with Gasteiger partial charge in [0.05, 0.1) is 23.9 Å². The van der Waals surface area contributed by atoms with Crippen LogP contribution >= 0.6 is 0 Å². The van der Waals surface area contributed by atoms with Gasteiger partial charge in [-0.3, -0.25) is 0 Å². The third-order valence-electron chi connectivity index (χ3n) is 4.82. The fourth-order valence-electron chi connectivity index (χ4n) is 3.49. The van der Waals surface area contributed by atoms with Crippen molar-refractivity contribution in [2.75, 3.05) is 25.2 Å². The maximum atomic E-state index is 12.2. The predicted octanol–water partition coefficient (Wildman–Crippen LogP) is 0.833. The van der Waals surface area contributed by atoms with Gasteiger partial charge in [0.2, 0.25) is 10.0 Å². The van der Waals surface area contributed by atoms with E-state index in [1.807, 2.05) is 0 Å². The summed E-state index contributed by atoms with van der Waals surface area (Å²) < 4.78 is 55.4. The number of ether oxygens (including phenoxy) is 1. The Bertz CT molecular complexity index is 830. The number of hydrogen-bond donors (Lipinski definition) is 1. The number of methoxy groups -OCH3 is 1. The summed E-state index contributed by atoms with van der Waals surface area (Å²) in [5, 5.41) is -0.829. The van der Waals surface area contributed by atoms with Gasteiger partial charge in [-0.05, 0) is 54.9 Å². The van der Waals surface area contributed by atoms with Gasteiger partial charge in [0.1, 0.15) is 5.75 Å². The van der Waals surface area contributed by atoms with Crippen LogP contribution in [-0.4, -0.2) is 47.2 Å². The Morgan fingerprint density at radius 2 is 1.96 bits per heavy atom. The quantitative estimate of drug-likeness (QED) is 0.798. The van der Waals surface area contributed by atoms with Crippen molar-refractivity contribution in [2.45, 2.75) is 37.4 Å². The van der Waals surface area contributed by atoms with Crippen LogP contribution in [0, 0.1) is 0 Å². The molecule has 0 amide bonds. The second-order valence-corrected chi connectivity index (χ2v) is 10.8. The van der Waals surface area contributed by atoms with Crippen LogP contribution in [0.1, 0.15) is 29.5 Å². The van der Waals surface area contributed by atoms with Crippen LogP contribution in [-0.2, 0) is 39.1 Å². The van der Waals surface area contributed by atoms with Crippen molar-refractivity contribution >= 4 is 19.9 Å². The summed E-state index contributed by atoms with van der Waals surface area (Å²) >= 11 is 0. The number of aryl methyl sites for hydroxylation is 2. The molecule has 1 N–H and O–H groups in total. The first-order valence-corrected chi connectivity index (χ1v) is 11.5. The van der Waals surface area contributed by atoms with Gasteiger partial charge in [0, 0.05) is 6.54 Å². The first-order valence-electron chi connectivity index (χ1n) is 8.18. The Morgan fingerprint density at radius 1 is 1.25 bits per heavy atom. The number of sulfonamides is 1. The summed E-state index contributed by atoms with van der Waals surface area (Å²) in [6.07, 6.45) is 3.96. The van der Waals surface area contributed by atoms with Gasteiger partial charge in [-0.1, -0.05) is 6.07 Å². The number of sulfone groups is 1. The molecule has 1 aromatic carbocycles. The van der Waals surface area contributed by atoms with E-state index in [0.29, 0.717) is 6.42 Å². The van der Waals surface area contributed by atoms with E-state index < -0.39 is 25.1 Å². The largest absolute Gasteiger partial charge is 0.496 e.